The van der Waals surface area contributed by atoms with Crippen LogP contribution in [0.5, 0.6) is 5.75 Å². The van der Waals surface area contributed by atoms with Gasteiger partial charge in [-0.15, -0.1) is 5.10 Å². The van der Waals surface area contributed by atoms with Gasteiger partial charge < -0.3 is 9.84 Å². The third-order valence-electron chi connectivity index (χ3n) is 5.54. The maximum atomic E-state index is 13.1. The van der Waals surface area contributed by atoms with E-state index in [-0.39, 0.29) is 19.0 Å². The molecule has 0 radical (unpaired) electrons. The molecule has 10 heteroatoms. The van der Waals surface area contributed by atoms with Crippen LogP contribution in [0.15, 0.2) is 83.8 Å². The molecule has 2 heterocycles. The van der Waals surface area contributed by atoms with Crippen LogP contribution in [0.3, 0.4) is 0 Å². The molecule has 182 valence electrons. The van der Waals surface area contributed by atoms with Crippen molar-refractivity contribution in [3.8, 4) is 28.0 Å². The van der Waals surface area contributed by atoms with Crippen LogP contribution in [0.25, 0.3) is 27.9 Å². The van der Waals surface area contributed by atoms with E-state index in [1.54, 1.807) is 30.5 Å². The molecular weight excluding hydrogens is 506 g/mol. The zero-order valence-electron chi connectivity index (χ0n) is 18.7. The van der Waals surface area contributed by atoms with E-state index in [0.29, 0.717) is 27.0 Å². The monoisotopic (exact) mass is 524 g/mol. The van der Waals surface area contributed by atoms with E-state index in [9.17, 15) is 14.3 Å². The Morgan fingerprint density at radius 1 is 0.917 bits per heavy atom. The van der Waals surface area contributed by atoms with E-state index in [1.165, 1.54) is 28.8 Å². The first-order valence-corrected chi connectivity index (χ1v) is 11.7. The summed E-state index contributed by atoms with van der Waals surface area (Å²) >= 11 is 12.2. The summed E-state index contributed by atoms with van der Waals surface area (Å²) < 4.78 is 20.9. The van der Waals surface area contributed by atoms with Crippen molar-refractivity contribution >= 4 is 28.8 Å². The third-order valence-corrected chi connectivity index (χ3v) is 6.05. The minimum atomic E-state index is -1.05. The van der Waals surface area contributed by atoms with Crippen LogP contribution in [-0.4, -0.2) is 37.2 Å². The second-order valence-electron chi connectivity index (χ2n) is 8.07. The van der Waals surface area contributed by atoms with Gasteiger partial charge in [0.25, 0.3) is 0 Å². The molecule has 1 atom stereocenters. The number of hydrogen-bond donors (Lipinski definition) is 1. The Balaban J connectivity index is 1.52. The van der Waals surface area contributed by atoms with Crippen molar-refractivity contribution in [2.75, 3.05) is 6.61 Å². The van der Waals surface area contributed by atoms with E-state index in [0.717, 1.165) is 21.4 Å². The molecule has 0 spiro atoms. The Morgan fingerprint density at radius 3 is 2.17 bits per heavy atom. The van der Waals surface area contributed by atoms with Crippen molar-refractivity contribution in [1.29, 1.82) is 0 Å². The molecule has 5 rings (SSSR count). The van der Waals surface area contributed by atoms with Gasteiger partial charge in [-0.2, -0.15) is 9.61 Å². The van der Waals surface area contributed by atoms with Crippen LogP contribution >= 0.6 is 23.2 Å². The lowest BCUT2D eigenvalue weighted by atomic mass is 9.97. The molecule has 3 aromatic carbocycles. The average Bonchev–Trinajstić information content (AvgIpc) is 3.19. The number of halogens is 3. The average molecular weight is 525 g/mol. The molecule has 0 aliphatic heterocycles. The molecule has 1 unspecified atom stereocenters. The van der Waals surface area contributed by atoms with Crippen molar-refractivity contribution in [3.05, 3.63) is 105 Å². The van der Waals surface area contributed by atoms with Gasteiger partial charge in [0.05, 0.1) is 12.7 Å². The summed E-state index contributed by atoms with van der Waals surface area (Å²) in [4.78, 5) is 13.1. The van der Waals surface area contributed by atoms with Gasteiger partial charge in [0, 0.05) is 21.2 Å². The van der Waals surface area contributed by atoms with Crippen molar-refractivity contribution in [2.45, 2.75) is 12.6 Å². The molecule has 36 heavy (non-hydrogen) atoms. The van der Waals surface area contributed by atoms with Gasteiger partial charge in [0.2, 0.25) is 0 Å². The molecule has 0 saturated carbocycles. The van der Waals surface area contributed by atoms with Gasteiger partial charge in [-0.05, 0) is 59.7 Å². The minimum Gasteiger partial charge on any atom is -0.491 e. The standard InChI is InChI=1S/C26H19Cl2FN4O3/c27-18-5-1-16(2-6-18)23-13-30-33-25(24(23)17-3-7-19(28)8-4-17)31-32(26(33)35)14-21(34)15-36-22-11-9-20(29)10-12-22/h1-13,21,34H,14-15H2. The van der Waals surface area contributed by atoms with Crippen LogP contribution in [0, 0.1) is 5.82 Å². The number of aromatic nitrogens is 4. The zero-order chi connectivity index (χ0) is 25.2. The van der Waals surface area contributed by atoms with Crippen LogP contribution in [0.2, 0.25) is 10.0 Å². The third kappa shape index (κ3) is 4.97. The normalized spacial score (nSPS) is 12.1. The number of aliphatic hydroxyl groups is 1. The molecule has 0 aliphatic rings. The van der Waals surface area contributed by atoms with Crippen molar-refractivity contribution < 1.29 is 14.2 Å². The van der Waals surface area contributed by atoms with Gasteiger partial charge >= 0.3 is 5.69 Å². The van der Waals surface area contributed by atoms with Crippen molar-refractivity contribution in [3.63, 3.8) is 0 Å². The number of hydrogen-bond acceptors (Lipinski definition) is 5. The number of fused-ring (bicyclic) bond motifs is 1. The summed E-state index contributed by atoms with van der Waals surface area (Å²) in [5, 5.41) is 20.5. The summed E-state index contributed by atoms with van der Waals surface area (Å²) in [5.41, 5.74) is 2.86. The Morgan fingerprint density at radius 2 is 1.53 bits per heavy atom. The summed E-state index contributed by atoms with van der Waals surface area (Å²) in [7, 11) is 0. The fourth-order valence-corrected chi connectivity index (χ4v) is 4.06. The number of aliphatic hydroxyl groups excluding tert-OH is 1. The predicted molar refractivity (Wildman–Crippen MR) is 136 cm³/mol. The summed E-state index contributed by atoms with van der Waals surface area (Å²) in [5.74, 6) is 0.0122. The van der Waals surface area contributed by atoms with Crippen molar-refractivity contribution in [2.24, 2.45) is 0 Å². The molecule has 0 aliphatic carbocycles. The second kappa shape index (κ2) is 10.1. The largest absolute Gasteiger partial charge is 0.491 e. The lowest BCUT2D eigenvalue weighted by molar-refractivity contribution is 0.0883. The van der Waals surface area contributed by atoms with Crippen LogP contribution in [-0.2, 0) is 6.54 Å². The fourth-order valence-electron chi connectivity index (χ4n) is 3.80. The van der Waals surface area contributed by atoms with Gasteiger partial charge in [-0.3, -0.25) is 0 Å². The highest BCUT2D eigenvalue weighted by Crippen LogP contribution is 2.35. The lowest BCUT2D eigenvalue weighted by Crippen LogP contribution is -2.31. The molecule has 0 saturated heterocycles. The Hall–Kier alpha value is -3.72. The van der Waals surface area contributed by atoms with E-state index in [1.807, 2.05) is 24.3 Å². The number of ether oxygens (including phenoxy) is 1. The van der Waals surface area contributed by atoms with Gasteiger partial charge in [-0.25, -0.2) is 13.9 Å². The highest BCUT2D eigenvalue weighted by molar-refractivity contribution is 6.31. The highest BCUT2D eigenvalue weighted by atomic mass is 35.5. The SMILES string of the molecule is O=c1n(CC(O)COc2ccc(F)cc2)nc2c(-c3ccc(Cl)cc3)c(-c3ccc(Cl)cc3)cnn12. The first-order chi connectivity index (χ1) is 17.4. The first kappa shape index (κ1) is 24.0. The molecule has 1 N–H and O–H groups in total. The smallest absolute Gasteiger partial charge is 0.367 e. The summed E-state index contributed by atoms with van der Waals surface area (Å²) in [6.45, 7) is -0.237. The van der Waals surface area contributed by atoms with Crippen LogP contribution < -0.4 is 10.4 Å². The van der Waals surface area contributed by atoms with E-state index in [4.69, 9.17) is 27.9 Å². The molecule has 0 fully saturated rings. The maximum absolute atomic E-state index is 13.1. The molecule has 0 bridgehead atoms. The van der Waals surface area contributed by atoms with Crippen molar-refractivity contribution in [1.82, 2.24) is 19.4 Å². The lowest BCUT2D eigenvalue weighted by Gasteiger charge is -2.12. The number of rotatable bonds is 7. The molecule has 5 aromatic rings. The molecule has 2 aromatic heterocycles. The maximum Gasteiger partial charge on any atom is 0.367 e. The van der Waals surface area contributed by atoms with Gasteiger partial charge in [-0.1, -0.05) is 47.5 Å². The van der Waals surface area contributed by atoms with E-state index < -0.39 is 11.8 Å². The first-order valence-electron chi connectivity index (χ1n) is 11.0. The zero-order valence-corrected chi connectivity index (χ0v) is 20.2. The van der Waals surface area contributed by atoms with Gasteiger partial charge in [0.1, 0.15) is 24.3 Å². The molecule has 7 nitrogen and oxygen atoms in total. The summed E-state index contributed by atoms with van der Waals surface area (Å²) in [6.07, 6.45) is 0.550. The van der Waals surface area contributed by atoms with E-state index in [2.05, 4.69) is 10.2 Å². The van der Waals surface area contributed by atoms with Gasteiger partial charge in [0.15, 0.2) is 5.65 Å². The van der Waals surface area contributed by atoms with E-state index >= 15 is 0 Å². The minimum absolute atomic E-state index is 0.112. The molecule has 0 amide bonds. The topological polar surface area (TPSA) is 81.7 Å². The number of benzene rings is 3. The second-order valence-corrected chi connectivity index (χ2v) is 8.94. The fraction of sp³-hybridized carbons (Fsp3) is 0.115. The van der Waals surface area contributed by atoms with Crippen LogP contribution in [0.1, 0.15) is 0 Å². The summed E-state index contributed by atoms with van der Waals surface area (Å²) in [6, 6.07) is 19.9. The predicted octanol–water partition coefficient (Wildman–Crippen LogP) is 5.11. The Labute approximate surface area is 214 Å². The Bertz CT molecular complexity index is 1570. The van der Waals surface area contributed by atoms with Crippen LogP contribution in [0.4, 0.5) is 4.39 Å². The molecular formula is C26H19Cl2FN4O3. The Kier molecular flexibility index (Phi) is 6.73. The quantitative estimate of drug-likeness (QED) is 0.320. The highest BCUT2D eigenvalue weighted by Gasteiger charge is 2.20. The number of nitrogens with zero attached hydrogens (tertiary/aromatic N) is 4.